The first kappa shape index (κ1) is 22.5. The van der Waals surface area contributed by atoms with Crippen molar-refractivity contribution in [2.45, 2.75) is 12.7 Å². The molecule has 7 nitrogen and oxygen atoms in total. The predicted octanol–water partition coefficient (Wildman–Crippen LogP) is 3.13. The van der Waals surface area contributed by atoms with Gasteiger partial charge in [0, 0.05) is 24.5 Å². The lowest BCUT2D eigenvalue weighted by Gasteiger charge is -2.27. The zero-order valence-electron chi connectivity index (χ0n) is 17.4. The highest BCUT2D eigenvalue weighted by molar-refractivity contribution is 6.06. The molecule has 1 aliphatic heterocycles. The van der Waals surface area contributed by atoms with Crippen molar-refractivity contribution in [3.8, 4) is 0 Å². The minimum absolute atomic E-state index is 0.205. The molecule has 4 rings (SSSR count). The molecule has 1 aliphatic rings. The Balaban J connectivity index is 1.66. The minimum atomic E-state index is -4.64. The number of ether oxygens (including phenoxy) is 1. The molecular formula is C23H20F3N3O4. The van der Waals surface area contributed by atoms with Gasteiger partial charge in [-0.05, 0) is 18.2 Å². The third-order valence-electron chi connectivity index (χ3n) is 5.36. The molecule has 10 heteroatoms. The number of rotatable bonds is 4. The van der Waals surface area contributed by atoms with E-state index in [0.29, 0.717) is 37.2 Å². The van der Waals surface area contributed by atoms with Gasteiger partial charge >= 0.3 is 6.18 Å². The first-order chi connectivity index (χ1) is 15.8. The van der Waals surface area contributed by atoms with E-state index in [2.05, 4.69) is 5.32 Å². The van der Waals surface area contributed by atoms with Crippen molar-refractivity contribution in [1.29, 1.82) is 0 Å². The first-order valence-corrected chi connectivity index (χ1v) is 10.2. The monoisotopic (exact) mass is 459 g/mol. The Morgan fingerprint density at radius 3 is 2.39 bits per heavy atom. The van der Waals surface area contributed by atoms with E-state index in [0.717, 1.165) is 22.8 Å². The smallest absolute Gasteiger partial charge is 0.378 e. The van der Waals surface area contributed by atoms with E-state index < -0.39 is 35.4 Å². The van der Waals surface area contributed by atoms with E-state index in [1.807, 2.05) is 0 Å². The van der Waals surface area contributed by atoms with Crippen LogP contribution in [0.25, 0.3) is 10.9 Å². The normalized spacial score (nSPS) is 14.3. The number of aromatic nitrogens is 1. The summed E-state index contributed by atoms with van der Waals surface area (Å²) in [7, 11) is 0. The van der Waals surface area contributed by atoms with Crippen molar-refractivity contribution in [3.05, 3.63) is 76.1 Å². The molecule has 1 aromatic heterocycles. The summed E-state index contributed by atoms with van der Waals surface area (Å²) in [5, 5.41) is 2.71. The van der Waals surface area contributed by atoms with Gasteiger partial charge in [-0.15, -0.1) is 0 Å². The Morgan fingerprint density at radius 1 is 1.00 bits per heavy atom. The number of benzene rings is 2. The van der Waals surface area contributed by atoms with Gasteiger partial charge in [-0.3, -0.25) is 19.0 Å². The van der Waals surface area contributed by atoms with Gasteiger partial charge in [0.2, 0.25) is 5.91 Å². The second-order valence-corrected chi connectivity index (χ2v) is 7.50. The number of para-hydroxylation sites is 2. The summed E-state index contributed by atoms with van der Waals surface area (Å²) < 4.78 is 46.1. The number of carbonyl (C=O) groups is 2. The minimum Gasteiger partial charge on any atom is -0.378 e. The van der Waals surface area contributed by atoms with Gasteiger partial charge in [0.05, 0.1) is 35.5 Å². The fourth-order valence-corrected chi connectivity index (χ4v) is 3.78. The standard InChI is InChI=1S/C23H20F3N3O4/c24-23(25,26)17-6-2-3-7-18(17)27-20(30)14-29-19-8-4-1-5-15(19)16(13-21(29)31)22(32)28-9-11-33-12-10-28/h1-8,13H,9-12,14H2,(H,27,30). The molecule has 2 amide bonds. The summed E-state index contributed by atoms with van der Waals surface area (Å²) in [6.07, 6.45) is -4.64. The van der Waals surface area contributed by atoms with Gasteiger partial charge in [0.15, 0.2) is 0 Å². The Bertz CT molecular complexity index is 1260. The molecule has 0 saturated carbocycles. The van der Waals surface area contributed by atoms with Crippen molar-refractivity contribution in [2.24, 2.45) is 0 Å². The highest BCUT2D eigenvalue weighted by atomic mass is 19.4. The summed E-state index contributed by atoms with van der Waals surface area (Å²) >= 11 is 0. The molecule has 3 aromatic rings. The predicted molar refractivity (Wildman–Crippen MR) is 115 cm³/mol. The highest BCUT2D eigenvalue weighted by Crippen LogP contribution is 2.34. The van der Waals surface area contributed by atoms with Crippen LogP contribution in [-0.2, 0) is 22.3 Å². The van der Waals surface area contributed by atoms with Crippen LogP contribution in [0.5, 0.6) is 0 Å². The molecule has 0 radical (unpaired) electrons. The lowest BCUT2D eigenvalue weighted by atomic mass is 10.1. The Labute approximate surface area is 186 Å². The molecule has 0 atom stereocenters. The van der Waals surface area contributed by atoms with Gasteiger partial charge in [0.1, 0.15) is 6.54 Å². The van der Waals surface area contributed by atoms with E-state index in [4.69, 9.17) is 4.74 Å². The maximum Gasteiger partial charge on any atom is 0.418 e. The quantitative estimate of drug-likeness (QED) is 0.650. The Kier molecular flexibility index (Phi) is 6.19. The Morgan fingerprint density at radius 2 is 1.67 bits per heavy atom. The zero-order valence-corrected chi connectivity index (χ0v) is 17.4. The van der Waals surface area contributed by atoms with Crippen molar-refractivity contribution in [1.82, 2.24) is 9.47 Å². The molecule has 2 heterocycles. The molecule has 33 heavy (non-hydrogen) atoms. The number of alkyl halides is 3. The Hall–Kier alpha value is -3.66. The molecule has 1 N–H and O–H groups in total. The van der Waals surface area contributed by atoms with Crippen LogP contribution >= 0.6 is 0 Å². The summed E-state index contributed by atoms with van der Waals surface area (Å²) in [4.78, 5) is 40.1. The topological polar surface area (TPSA) is 80.6 Å². The lowest BCUT2D eigenvalue weighted by Crippen LogP contribution is -2.41. The number of nitrogens with zero attached hydrogens (tertiary/aromatic N) is 2. The molecule has 1 saturated heterocycles. The van der Waals surface area contributed by atoms with Gasteiger partial charge < -0.3 is 15.0 Å². The van der Waals surface area contributed by atoms with Crippen LogP contribution in [0, 0.1) is 0 Å². The van der Waals surface area contributed by atoms with E-state index in [1.165, 1.54) is 12.1 Å². The maximum atomic E-state index is 13.2. The van der Waals surface area contributed by atoms with Gasteiger partial charge in [-0.25, -0.2) is 0 Å². The van der Waals surface area contributed by atoms with Crippen LogP contribution in [0.4, 0.5) is 18.9 Å². The number of fused-ring (bicyclic) bond motifs is 1. The van der Waals surface area contributed by atoms with E-state index in [9.17, 15) is 27.6 Å². The second kappa shape index (κ2) is 9.07. The molecule has 0 spiro atoms. The van der Waals surface area contributed by atoms with Crippen LogP contribution in [-0.4, -0.2) is 47.6 Å². The summed E-state index contributed by atoms with van der Waals surface area (Å²) in [5.74, 6) is -1.12. The number of anilines is 1. The zero-order chi connectivity index (χ0) is 23.6. The lowest BCUT2D eigenvalue weighted by molar-refractivity contribution is -0.137. The number of hydrogen-bond donors (Lipinski definition) is 1. The molecule has 2 aromatic carbocycles. The van der Waals surface area contributed by atoms with Crippen LogP contribution in [0.1, 0.15) is 15.9 Å². The molecule has 1 fully saturated rings. The number of pyridine rings is 1. The molecule has 172 valence electrons. The number of nitrogens with one attached hydrogen (secondary N) is 1. The molecule has 0 unspecified atom stereocenters. The van der Waals surface area contributed by atoms with Gasteiger partial charge in [-0.2, -0.15) is 13.2 Å². The average Bonchev–Trinajstić information content (AvgIpc) is 2.80. The SMILES string of the molecule is O=C(Cn1c(=O)cc(C(=O)N2CCOCC2)c2ccccc21)Nc1ccccc1C(F)(F)F. The highest BCUT2D eigenvalue weighted by Gasteiger charge is 2.33. The summed E-state index contributed by atoms with van der Waals surface area (Å²) in [6.45, 7) is 1.09. The third-order valence-corrected chi connectivity index (χ3v) is 5.36. The first-order valence-electron chi connectivity index (χ1n) is 10.2. The number of halogens is 3. The van der Waals surface area contributed by atoms with E-state index in [1.54, 1.807) is 29.2 Å². The van der Waals surface area contributed by atoms with Crippen molar-refractivity contribution in [2.75, 3.05) is 31.6 Å². The number of amides is 2. The molecule has 0 aliphatic carbocycles. The van der Waals surface area contributed by atoms with Crippen LogP contribution < -0.4 is 10.9 Å². The molecular weight excluding hydrogens is 439 g/mol. The van der Waals surface area contributed by atoms with Crippen LogP contribution in [0.2, 0.25) is 0 Å². The molecule has 0 bridgehead atoms. The maximum absolute atomic E-state index is 13.2. The van der Waals surface area contributed by atoms with Crippen LogP contribution in [0.3, 0.4) is 0 Å². The van der Waals surface area contributed by atoms with E-state index in [-0.39, 0.29) is 11.5 Å². The number of carbonyl (C=O) groups excluding carboxylic acids is 2. The third kappa shape index (κ3) is 4.75. The fraction of sp³-hybridized carbons (Fsp3) is 0.261. The van der Waals surface area contributed by atoms with Crippen molar-refractivity contribution < 1.29 is 27.5 Å². The van der Waals surface area contributed by atoms with Gasteiger partial charge in [0.25, 0.3) is 11.5 Å². The van der Waals surface area contributed by atoms with E-state index >= 15 is 0 Å². The largest absolute Gasteiger partial charge is 0.418 e. The number of morpholine rings is 1. The second-order valence-electron chi connectivity index (χ2n) is 7.50. The van der Waals surface area contributed by atoms with Crippen LogP contribution in [0.15, 0.2) is 59.4 Å². The van der Waals surface area contributed by atoms with Crippen molar-refractivity contribution >= 4 is 28.4 Å². The fourth-order valence-electron chi connectivity index (χ4n) is 3.78. The van der Waals surface area contributed by atoms with Crippen molar-refractivity contribution in [3.63, 3.8) is 0 Å². The summed E-state index contributed by atoms with van der Waals surface area (Å²) in [5.41, 5.74) is -1.45. The summed E-state index contributed by atoms with van der Waals surface area (Å²) in [6, 6.07) is 12.4. The number of hydrogen-bond acceptors (Lipinski definition) is 4. The average molecular weight is 459 g/mol. The van der Waals surface area contributed by atoms with Gasteiger partial charge in [-0.1, -0.05) is 30.3 Å².